The largest absolute Gasteiger partial charge is 0.494 e. The van der Waals surface area contributed by atoms with E-state index in [2.05, 4.69) is 6.58 Å². The summed E-state index contributed by atoms with van der Waals surface area (Å²) >= 11 is 0. The van der Waals surface area contributed by atoms with Crippen LogP contribution in [0.3, 0.4) is 0 Å². The van der Waals surface area contributed by atoms with Crippen molar-refractivity contribution in [1.29, 1.82) is 0 Å². The van der Waals surface area contributed by atoms with Crippen molar-refractivity contribution in [2.45, 2.75) is 231 Å². The summed E-state index contributed by atoms with van der Waals surface area (Å²) in [6.07, 6.45) is 2.43. The predicted molar refractivity (Wildman–Crippen MR) is 276 cm³/mol. The molecule has 0 saturated carbocycles. The molecular weight excluding hydrogens is 937 g/mol. The number of carbonyl (C=O) groups excluding carboxylic acids is 4. The van der Waals surface area contributed by atoms with Gasteiger partial charge in [0.25, 0.3) is 0 Å². The van der Waals surface area contributed by atoms with Crippen LogP contribution in [-0.4, -0.2) is 113 Å². The van der Waals surface area contributed by atoms with Gasteiger partial charge in [0, 0.05) is 33.0 Å². The van der Waals surface area contributed by atoms with Gasteiger partial charge in [0.1, 0.15) is 40.9 Å². The molecule has 0 aromatic heterocycles. The van der Waals surface area contributed by atoms with Crippen molar-refractivity contribution >= 4 is 23.9 Å². The third kappa shape index (κ3) is 17.1. The van der Waals surface area contributed by atoms with E-state index in [0.717, 1.165) is 62.7 Å². The minimum Gasteiger partial charge on any atom is -0.494 e. The third-order valence-electron chi connectivity index (χ3n) is 12.6. The smallest absolute Gasteiger partial charge is 0.346 e. The Labute approximate surface area is 435 Å². The van der Waals surface area contributed by atoms with Gasteiger partial charge in [-0.2, -0.15) is 0 Å². The maximum Gasteiger partial charge on any atom is 0.346 e. The van der Waals surface area contributed by atoms with Crippen molar-refractivity contribution in [3.8, 4) is 5.75 Å². The molecule has 2 aliphatic heterocycles. The highest BCUT2D eigenvalue weighted by Crippen LogP contribution is 2.59. The van der Waals surface area contributed by atoms with Crippen LogP contribution >= 0.6 is 0 Å². The van der Waals surface area contributed by atoms with Crippen LogP contribution in [0.25, 0.3) is 0 Å². The average molecular weight is 1030 g/mol. The summed E-state index contributed by atoms with van der Waals surface area (Å²) in [5.74, 6) is -7.43. The number of rotatable bonds is 28. The van der Waals surface area contributed by atoms with E-state index in [4.69, 9.17) is 47.4 Å². The van der Waals surface area contributed by atoms with Crippen molar-refractivity contribution < 1.29 is 71.7 Å². The van der Waals surface area contributed by atoms with Gasteiger partial charge in [-0.1, -0.05) is 107 Å². The first kappa shape index (κ1) is 61.2. The molecule has 2 bridgehead atoms. The molecule has 4 rings (SSSR count). The SMILES string of the molecule is C=C(CC[C@@]12O[C@H](C(=O)OC(C)(C)C)[C@@](O)(C(=O)OC(C)(C)C)[C@@](C(=O)OC(C)(C)C)(O1)[C@H](OCCCCCCCCCCCOc1ccccc1)[C@H]2OC(C)(C)OC)C(OC(C)=O)C(C)Cc1ccccc1. The van der Waals surface area contributed by atoms with Crippen LogP contribution < -0.4 is 4.74 Å². The standard InChI is InChI=1S/C58H88O15/c1-40(45(67-42(3)59)41(2)39-43-31-25-23-26-32-43)35-36-56-46(68-55(13,14)64-15)47(66-38-30-22-20-18-16-17-19-21-29-37-65-44-33-27-24-28-34-44)58(73-56,51(62)72-54(10,11)12)57(63,50(61)71-53(7,8)9)48(69-56)49(60)70-52(4,5)6/h23-28,31-34,41,45-48,63H,1,16-22,29-30,35-39H2,2-15H3/t41?,45?,46-,47-,48-,56-,57-,58-/m1/s1. The van der Waals surface area contributed by atoms with E-state index in [1.807, 2.05) is 67.6 Å². The number of carbonyl (C=O) groups is 4. The summed E-state index contributed by atoms with van der Waals surface area (Å²) in [6, 6.07) is 19.6. The number of fused-ring (bicyclic) bond motifs is 2. The Bertz CT molecular complexity index is 2090. The zero-order chi connectivity index (χ0) is 54.5. The van der Waals surface area contributed by atoms with Crippen LogP contribution in [-0.2, 0) is 68.2 Å². The summed E-state index contributed by atoms with van der Waals surface area (Å²) in [6.45, 7) is 26.0. The maximum atomic E-state index is 15.5. The number of hydrogen-bond acceptors (Lipinski definition) is 15. The highest BCUT2D eigenvalue weighted by molar-refractivity contribution is 5.99. The lowest BCUT2D eigenvalue weighted by Gasteiger charge is -2.51. The van der Waals surface area contributed by atoms with Gasteiger partial charge in [-0.15, -0.1) is 0 Å². The topological polar surface area (TPSA) is 181 Å². The quantitative estimate of drug-likeness (QED) is 0.0279. The number of para-hydroxylation sites is 1. The molecule has 2 aliphatic rings. The van der Waals surface area contributed by atoms with Gasteiger partial charge >= 0.3 is 23.9 Å². The van der Waals surface area contributed by atoms with Gasteiger partial charge in [-0.3, -0.25) is 4.79 Å². The zero-order valence-electron chi connectivity index (χ0n) is 46.4. The Morgan fingerprint density at radius 3 is 1.73 bits per heavy atom. The number of benzene rings is 2. The minimum atomic E-state index is -3.33. The highest BCUT2D eigenvalue weighted by atomic mass is 16.8. The molecule has 2 aromatic carbocycles. The number of methoxy groups -OCH3 is 1. The fourth-order valence-corrected chi connectivity index (χ4v) is 9.23. The van der Waals surface area contributed by atoms with E-state index >= 15 is 9.59 Å². The number of ether oxygens (including phenoxy) is 10. The molecule has 0 aliphatic carbocycles. The van der Waals surface area contributed by atoms with E-state index in [1.165, 1.54) is 14.0 Å². The number of unbranched alkanes of at least 4 members (excludes halogenated alkanes) is 8. The van der Waals surface area contributed by atoms with Gasteiger partial charge in [-0.25, -0.2) is 14.4 Å². The highest BCUT2D eigenvalue weighted by Gasteiger charge is 2.86. The molecule has 0 radical (unpaired) electrons. The molecule has 410 valence electrons. The third-order valence-corrected chi connectivity index (χ3v) is 12.6. The molecule has 2 unspecified atom stereocenters. The van der Waals surface area contributed by atoms with E-state index in [0.29, 0.717) is 25.0 Å². The van der Waals surface area contributed by atoms with E-state index in [-0.39, 0.29) is 25.4 Å². The van der Waals surface area contributed by atoms with Gasteiger partial charge in [-0.05, 0) is 125 Å². The minimum absolute atomic E-state index is 0.00305. The Kier molecular flexibility index (Phi) is 21.7. The van der Waals surface area contributed by atoms with E-state index in [9.17, 15) is 14.7 Å². The molecule has 2 saturated heterocycles. The number of aliphatic hydroxyl groups is 1. The first-order valence-electron chi connectivity index (χ1n) is 26.2. The Balaban J connectivity index is 1.76. The molecule has 15 nitrogen and oxygen atoms in total. The molecule has 0 amide bonds. The molecule has 0 spiro atoms. The fourth-order valence-electron chi connectivity index (χ4n) is 9.23. The molecule has 2 heterocycles. The molecule has 2 fully saturated rings. The van der Waals surface area contributed by atoms with E-state index in [1.54, 1.807) is 76.2 Å². The summed E-state index contributed by atoms with van der Waals surface area (Å²) in [5.41, 5.74) is -8.46. The Morgan fingerprint density at radius 2 is 1.21 bits per heavy atom. The van der Waals surface area contributed by atoms with Crippen LogP contribution in [0.4, 0.5) is 0 Å². The summed E-state index contributed by atoms with van der Waals surface area (Å²) in [7, 11) is 1.43. The predicted octanol–water partition coefficient (Wildman–Crippen LogP) is 10.5. The lowest BCUT2D eigenvalue weighted by Crippen LogP contribution is -2.79. The second kappa shape index (κ2) is 25.9. The summed E-state index contributed by atoms with van der Waals surface area (Å²) in [5, 5.41) is 13.5. The van der Waals surface area contributed by atoms with Gasteiger partial charge < -0.3 is 52.5 Å². The molecule has 1 N–H and O–H groups in total. The second-order valence-electron chi connectivity index (χ2n) is 23.1. The normalized spacial score (nSPS) is 24.0. The first-order chi connectivity index (χ1) is 34.0. The van der Waals surface area contributed by atoms with Crippen LogP contribution in [0, 0.1) is 5.92 Å². The van der Waals surface area contributed by atoms with Crippen LogP contribution in [0.1, 0.15) is 166 Å². The lowest BCUT2D eigenvalue weighted by molar-refractivity contribution is -0.387. The molecule has 15 heteroatoms. The number of hydrogen-bond donors (Lipinski definition) is 1. The van der Waals surface area contributed by atoms with Gasteiger partial charge in [0.15, 0.2) is 5.79 Å². The molecular formula is C58H88O15. The van der Waals surface area contributed by atoms with Crippen molar-refractivity contribution in [2.75, 3.05) is 20.3 Å². The molecule has 73 heavy (non-hydrogen) atoms. The first-order valence-corrected chi connectivity index (χ1v) is 26.2. The lowest BCUT2D eigenvalue weighted by atomic mass is 9.74. The number of esters is 4. The molecule has 8 atom stereocenters. The van der Waals surface area contributed by atoms with Crippen molar-refractivity contribution in [2.24, 2.45) is 5.92 Å². The second-order valence-corrected chi connectivity index (χ2v) is 23.1. The Hall–Kier alpha value is -4.38. The fraction of sp³-hybridized carbons (Fsp3) is 0.690. The van der Waals surface area contributed by atoms with Crippen LogP contribution in [0.5, 0.6) is 5.75 Å². The van der Waals surface area contributed by atoms with Crippen LogP contribution in [0.2, 0.25) is 0 Å². The summed E-state index contributed by atoms with van der Waals surface area (Å²) in [4.78, 5) is 58.1. The molecule has 2 aromatic rings. The summed E-state index contributed by atoms with van der Waals surface area (Å²) < 4.78 is 62.9. The van der Waals surface area contributed by atoms with Crippen LogP contribution in [0.15, 0.2) is 72.8 Å². The Morgan fingerprint density at radius 1 is 0.699 bits per heavy atom. The van der Waals surface area contributed by atoms with E-state index < -0.39 is 87.9 Å². The monoisotopic (exact) mass is 1020 g/mol. The van der Waals surface area contributed by atoms with Gasteiger partial charge in [0.05, 0.1) is 6.61 Å². The average Bonchev–Trinajstić information content (AvgIpc) is 3.52. The van der Waals surface area contributed by atoms with Crippen molar-refractivity contribution in [3.05, 3.63) is 78.4 Å². The van der Waals surface area contributed by atoms with Crippen molar-refractivity contribution in [1.82, 2.24) is 0 Å². The zero-order valence-corrected chi connectivity index (χ0v) is 46.4. The maximum absolute atomic E-state index is 15.5. The van der Waals surface area contributed by atoms with Gasteiger partial charge in [0.2, 0.25) is 23.1 Å². The van der Waals surface area contributed by atoms with Crippen molar-refractivity contribution in [3.63, 3.8) is 0 Å².